The molecule has 1 aliphatic carbocycles. The minimum atomic E-state index is -1.37. The second-order valence-corrected chi connectivity index (χ2v) is 5.69. The van der Waals surface area contributed by atoms with Crippen LogP contribution in [0.25, 0.3) is 0 Å². The number of benzene rings is 1. The molecule has 0 aromatic heterocycles. The molecule has 2 atom stereocenters. The van der Waals surface area contributed by atoms with Crippen LogP contribution >= 0.6 is 11.8 Å². The Kier molecular flexibility index (Phi) is 2.47. The number of aliphatic carboxylic acids is 1. The average Bonchev–Trinajstić information content (AvgIpc) is 3.08. The highest BCUT2D eigenvalue weighted by Gasteiger charge is 2.69. The van der Waals surface area contributed by atoms with Gasteiger partial charge in [-0.25, -0.2) is 4.79 Å². The standard InChI is InChI=1S/C13H11NO4S/c1-19-9-6-13(9,12(17)18)14-10(15)7-4-2-3-5-8(7)11(14)16/h2-5,9H,6H2,1H3,(H,17,18). The van der Waals surface area contributed by atoms with E-state index in [1.807, 2.05) is 0 Å². The van der Waals surface area contributed by atoms with Gasteiger partial charge in [0.15, 0.2) is 5.54 Å². The van der Waals surface area contributed by atoms with E-state index in [-0.39, 0.29) is 5.25 Å². The van der Waals surface area contributed by atoms with Crippen LogP contribution in [0.5, 0.6) is 0 Å². The maximum Gasteiger partial charge on any atom is 0.331 e. The Bertz CT molecular complexity index is 579. The highest BCUT2D eigenvalue weighted by Crippen LogP contribution is 2.52. The summed E-state index contributed by atoms with van der Waals surface area (Å²) in [7, 11) is 0. The maximum absolute atomic E-state index is 12.3. The van der Waals surface area contributed by atoms with Crippen molar-refractivity contribution in [3.63, 3.8) is 0 Å². The van der Waals surface area contributed by atoms with Crippen LogP contribution in [0.3, 0.4) is 0 Å². The lowest BCUT2D eigenvalue weighted by Crippen LogP contribution is -2.49. The van der Waals surface area contributed by atoms with Crippen LogP contribution in [0.2, 0.25) is 0 Å². The van der Waals surface area contributed by atoms with Gasteiger partial charge in [0, 0.05) is 5.25 Å². The highest BCUT2D eigenvalue weighted by molar-refractivity contribution is 7.99. The molecular formula is C13H11NO4S. The van der Waals surface area contributed by atoms with Gasteiger partial charge < -0.3 is 5.11 Å². The highest BCUT2D eigenvalue weighted by atomic mass is 32.2. The van der Waals surface area contributed by atoms with Gasteiger partial charge in [-0.1, -0.05) is 12.1 Å². The zero-order chi connectivity index (χ0) is 13.8. The summed E-state index contributed by atoms with van der Waals surface area (Å²) in [5.41, 5.74) is -0.785. The van der Waals surface area contributed by atoms with Gasteiger partial charge in [0.2, 0.25) is 0 Å². The molecule has 0 spiro atoms. The van der Waals surface area contributed by atoms with Crippen molar-refractivity contribution < 1.29 is 19.5 Å². The first kappa shape index (κ1) is 12.2. The van der Waals surface area contributed by atoms with Crippen molar-refractivity contribution in [2.75, 3.05) is 6.26 Å². The molecule has 1 aromatic rings. The lowest BCUT2D eigenvalue weighted by atomic mass is 10.1. The van der Waals surface area contributed by atoms with Gasteiger partial charge in [-0.2, -0.15) is 11.8 Å². The molecule has 2 amide bonds. The topological polar surface area (TPSA) is 74.7 Å². The minimum absolute atomic E-state index is 0.229. The summed E-state index contributed by atoms with van der Waals surface area (Å²) in [6, 6.07) is 6.45. The normalized spacial score (nSPS) is 28.5. The third-order valence-electron chi connectivity index (χ3n) is 3.72. The molecule has 3 rings (SSSR count). The van der Waals surface area contributed by atoms with Gasteiger partial charge in [0.1, 0.15) is 0 Å². The van der Waals surface area contributed by atoms with Crippen molar-refractivity contribution in [3.05, 3.63) is 35.4 Å². The van der Waals surface area contributed by atoms with Crippen molar-refractivity contribution >= 4 is 29.5 Å². The number of imide groups is 1. The zero-order valence-electron chi connectivity index (χ0n) is 10.1. The maximum atomic E-state index is 12.3. The molecular weight excluding hydrogens is 266 g/mol. The third kappa shape index (κ3) is 1.40. The molecule has 1 heterocycles. The predicted octanol–water partition coefficient (Wildman–Crippen LogP) is 1.24. The van der Waals surface area contributed by atoms with Crippen LogP contribution in [0.15, 0.2) is 24.3 Å². The molecule has 2 aliphatic rings. The van der Waals surface area contributed by atoms with Crippen molar-refractivity contribution in [2.45, 2.75) is 17.2 Å². The molecule has 0 radical (unpaired) electrons. The molecule has 1 aromatic carbocycles. The largest absolute Gasteiger partial charge is 0.479 e. The Balaban J connectivity index is 2.08. The Morgan fingerprint density at radius 3 is 2.21 bits per heavy atom. The van der Waals surface area contributed by atoms with E-state index in [1.165, 1.54) is 11.8 Å². The number of hydrogen-bond donors (Lipinski definition) is 1. The molecule has 1 fully saturated rings. The quantitative estimate of drug-likeness (QED) is 0.841. The third-order valence-corrected chi connectivity index (χ3v) is 4.84. The lowest BCUT2D eigenvalue weighted by molar-refractivity contribution is -0.143. The Morgan fingerprint density at radius 2 is 1.84 bits per heavy atom. The second-order valence-electron chi connectivity index (χ2n) is 4.65. The molecule has 1 aliphatic heterocycles. The fourth-order valence-electron chi connectivity index (χ4n) is 2.61. The van der Waals surface area contributed by atoms with E-state index in [0.29, 0.717) is 17.5 Å². The van der Waals surface area contributed by atoms with Crippen LogP contribution in [-0.4, -0.2) is 44.8 Å². The predicted molar refractivity (Wildman–Crippen MR) is 69.2 cm³/mol. The van der Waals surface area contributed by atoms with E-state index in [9.17, 15) is 19.5 Å². The van der Waals surface area contributed by atoms with Gasteiger partial charge in [-0.05, 0) is 24.8 Å². The Hall–Kier alpha value is -1.82. The molecule has 0 bridgehead atoms. The number of carboxylic acid groups (broad SMARTS) is 1. The first-order valence-electron chi connectivity index (χ1n) is 5.78. The van der Waals surface area contributed by atoms with Crippen LogP contribution in [-0.2, 0) is 4.79 Å². The van der Waals surface area contributed by atoms with Crippen molar-refractivity contribution in [1.82, 2.24) is 4.90 Å². The van der Waals surface area contributed by atoms with E-state index >= 15 is 0 Å². The SMILES string of the molecule is CSC1CC1(C(=O)O)N1C(=O)c2ccccc2C1=O. The number of carboxylic acids is 1. The fraction of sp³-hybridized carbons (Fsp3) is 0.308. The molecule has 0 saturated heterocycles. The number of fused-ring (bicyclic) bond motifs is 1. The summed E-state index contributed by atoms with van der Waals surface area (Å²) >= 11 is 1.37. The van der Waals surface area contributed by atoms with Gasteiger partial charge in [-0.3, -0.25) is 14.5 Å². The summed E-state index contributed by atoms with van der Waals surface area (Å²) in [6.45, 7) is 0. The van der Waals surface area contributed by atoms with Crippen LogP contribution in [0, 0.1) is 0 Å². The minimum Gasteiger partial charge on any atom is -0.479 e. The molecule has 6 heteroatoms. The van der Waals surface area contributed by atoms with E-state index in [0.717, 1.165) is 4.90 Å². The Morgan fingerprint density at radius 1 is 1.32 bits per heavy atom. The zero-order valence-corrected chi connectivity index (χ0v) is 10.9. The monoisotopic (exact) mass is 277 g/mol. The first-order valence-corrected chi connectivity index (χ1v) is 7.07. The summed E-state index contributed by atoms with van der Waals surface area (Å²) in [5, 5.41) is 9.19. The van der Waals surface area contributed by atoms with Gasteiger partial charge in [0.25, 0.3) is 11.8 Å². The van der Waals surface area contributed by atoms with E-state index in [1.54, 1.807) is 30.5 Å². The molecule has 98 valence electrons. The summed E-state index contributed by atoms with van der Waals surface area (Å²) in [4.78, 5) is 37.0. The number of carbonyl (C=O) groups excluding carboxylic acids is 2. The van der Waals surface area contributed by atoms with Gasteiger partial charge >= 0.3 is 5.97 Å². The van der Waals surface area contributed by atoms with Crippen molar-refractivity contribution in [2.24, 2.45) is 0 Å². The van der Waals surface area contributed by atoms with Gasteiger partial charge in [0.05, 0.1) is 11.1 Å². The molecule has 19 heavy (non-hydrogen) atoms. The molecule has 5 nitrogen and oxygen atoms in total. The van der Waals surface area contributed by atoms with Gasteiger partial charge in [-0.15, -0.1) is 0 Å². The Labute approximate surface area is 113 Å². The second kappa shape index (κ2) is 3.84. The first-order chi connectivity index (χ1) is 9.04. The van der Waals surface area contributed by atoms with E-state index in [2.05, 4.69) is 0 Å². The van der Waals surface area contributed by atoms with Crippen molar-refractivity contribution in [1.29, 1.82) is 0 Å². The summed E-state index contributed by atoms with van der Waals surface area (Å²) in [5.74, 6) is -2.11. The van der Waals surface area contributed by atoms with E-state index < -0.39 is 23.3 Å². The number of amides is 2. The summed E-state index contributed by atoms with van der Waals surface area (Å²) < 4.78 is 0. The average molecular weight is 277 g/mol. The number of hydrogen-bond acceptors (Lipinski definition) is 4. The number of carbonyl (C=O) groups is 3. The van der Waals surface area contributed by atoms with Crippen molar-refractivity contribution in [3.8, 4) is 0 Å². The number of thioether (sulfide) groups is 1. The van der Waals surface area contributed by atoms with E-state index in [4.69, 9.17) is 0 Å². The summed E-state index contributed by atoms with van der Waals surface area (Å²) in [6.07, 6.45) is 2.10. The fourth-order valence-corrected chi connectivity index (χ4v) is 3.63. The van der Waals surface area contributed by atoms with Crippen LogP contribution in [0.1, 0.15) is 27.1 Å². The van der Waals surface area contributed by atoms with Crippen LogP contribution < -0.4 is 0 Å². The number of rotatable bonds is 3. The molecule has 1 saturated carbocycles. The lowest BCUT2D eigenvalue weighted by Gasteiger charge is -2.23. The number of nitrogens with zero attached hydrogens (tertiary/aromatic N) is 1. The molecule has 1 N–H and O–H groups in total. The van der Waals surface area contributed by atoms with Crippen LogP contribution in [0.4, 0.5) is 0 Å². The smallest absolute Gasteiger partial charge is 0.331 e. The molecule has 2 unspecified atom stereocenters.